The van der Waals surface area contributed by atoms with E-state index in [1.165, 1.54) is 6.07 Å². The van der Waals surface area contributed by atoms with Crippen molar-refractivity contribution in [3.8, 4) is 11.5 Å². The van der Waals surface area contributed by atoms with Gasteiger partial charge in [-0.25, -0.2) is 8.42 Å². The first kappa shape index (κ1) is 21.1. The van der Waals surface area contributed by atoms with Gasteiger partial charge in [0, 0.05) is 17.9 Å². The second kappa shape index (κ2) is 8.84. The van der Waals surface area contributed by atoms with E-state index < -0.39 is 9.84 Å². The number of hydrogen-bond acceptors (Lipinski definition) is 6. The number of para-hydroxylation sites is 1. The highest BCUT2D eigenvalue weighted by Crippen LogP contribution is 2.38. The van der Waals surface area contributed by atoms with Gasteiger partial charge in [-0.1, -0.05) is 12.1 Å². The Morgan fingerprint density at radius 2 is 1.93 bits per heavy atom. The molecule has 2 aromatic rings. The Labute approximate surface area is 171 Å². The number of methoxy groups -OCH3 is 2. The molecular weight excluding hydrogens is 392 g/mol. The monoisotopic (exact) mass is 418 g/mol. The lowest BCUT2D eigenvalue weighted by Gasteiger charge is -2.26. The quantitative estimate of drug-likeness (QED) is 0.744. The highest BCUT2D eigenvalue weighted by Gasteiger charge is 2.30. The lowest BCUT2D eigenvalue weighted by Crippen LogP contribution is -2.33. The van der Waals surface area contributed by atoms with Gasteiger partial charge in [-0.15, -0.1) is 0 Å². The van der Waals surface area contributed by atoms with E-state index in [1.807, 2.05) is 18.2 Å². The molecule has 1 aliphatic rings. The van der Waals surface area contributed by atoms with Gasteiger partial charge in [-0.3, -0.25) is 9.69 Å². The second-order valence-corrected chi connectivity index (χ2v) is 9.04. The zero-order valence-electron chi connectivity index (χ0n) is 16.8. The number of rotatable bonds is 7. The molecule has 7 nitrogen and oxygen atoms in total. The fourth-order valence-electron chi connectivity index (χ4n) is 3.73. The van der Waals surface area contributed by atoms with Crippen LogP contribution in [0.2, 0.25) is 0 Å². The van der Waals surface area contributed by atoms with Gasteiger partial charge < -0.3 is 14.8 Å². The second-order valence-electron chi connectivity index (χ2n) is 7.05. The van der Waals surface area contributed by atoms with E-state index in [9.17, 15) is 13.2 Å². The average Bonchev–Trinajstić information content (AvgIpc) is 3.14. The van der Waals surface area contributed by atoms with Crippen molar-refractivity contribution in [1.29, 1.82) is 0 Å². The Bertz CT molecular complexity index is 990. The minimum Gasteiger partial charge on any atom is -0.497 e. The molecule has 0 aliphatic carbocycles. The first-order chi connectivity index (χ1) is 13.8. The van der Waals surface area contributed by atoms with Gasteiger partial charge in [0.25, 0.3) is 0 Å². The molecule has 0 aromatic heterocycles. The number of amides is 1. The molecule has 8 heteroatoms. The summed E-state index contributed by atoms with van der Waals surface area (Å²) in [7, 11) is -0.195. The lowest BCUT2D eigenvalue weighted by atomic mass is 10.0. The lowest BCUT2D eigenvalue weighted by molar-refractivity contribution is -0.117. The van der Waals surface area contributed by atoms with E-state index >= 15 is 0 Å². The molecule has 0 radical (unpaired) electrons. The van der Waals surface area contributed by atoms with Crippen molar-refractivity contribution in [2.75, 3.05) is 38.9 Å². The summed E-state index contributed by atoms with van der Waals surface area (Å²) >= 11 is 0. The van der Waals surface area contributed by atoms with Crippen LogP contribution in [0.5, 0.6) is 11.5 Å². The molecule has 1 atom stereocenters. The number of anilines is 1. The summed E-state index contributed by atoms with van der Waals surface area (Å²) in [4.78, 5) is 14.9. The highest BCUT2D eigenvalue weighted by molar-refractivity contribution is 7.90. The summed E-state index contributed by atoms with van der Waals surface area (Å²) in [6.07, 6.45) is 2.98. The number of likely N-dealkylation sites (tertiary alicyclic amines) is 1. The van der Waals surface area contributed by atoms with Crippen molar-refractivity contribution in [2.24, 2.45) is 0 Å². The molecule has 0 saturated carbocycles. The summed E-state index contributed by atoms with van der Waals surface area (Å²) in [6.45, 7) is 0.926. The van der Waals surface area contributed by atoms with Crippen LogP contribution in [0.15, 0.2) is 47.4 Å². The van der Waals surface area contributed by atoms with Crippen molar-refractivity contribution >= 4 is 21.4 Å². The van der Waals surface area contributed by atoms with Gasteiger partial charge in [0.2, 0.25) is 5.91 Å². The minimum atomic E-state index is -3.44. The standard InChI is InChI=1S/C21H26N2O5S/c1-27-15-10-11-19(28-2)16(13-15)18-8-6-12-23(18)14-21(24)22-17-7-4-5-9-20(17)29(3,25)26/h4-5,7,9-11,13,18H,6,8,12,14H2,1-3H3,(H,22,24)/t18-/m0/s1. The van der Waals surface area contributed by atoms with Gasteiger partial charge in [-0.05, 0) is 49.7 Å². The molecule has 1 N–H and O–H groups in total. The van der Waals surface area contributed by atoms with Crippen molar-refractivity contribution in [1.82, 2.24) is 4.90 Å². The predicted molar refractivity (Wildman–Crippen MR) is 111 cm³/mol. The van der Waals surface area contributed by atoms with Crippen LogP contribution in [-0.4, -0.2) is 52.8 Å². The molecule has 1 saturated heterocycles. The SMILES string of the molecule is COc1ccc(OC)c([C@@H]2CCCN2CC(=O)Nc2ccccc2S(C)(=O)=O)c1. The summed E-state index contributed by atoms with van der Waals surface area (Å²) in [5.74, 6) is 1.24. The smallest absolute Gasteiger partial charge is 0.238 e. The molecule has 29 heavy (non-hydrogen) atoms. The first-order valence-corrected chi connectivity index (χ1v) is 11.3. The number of hydrogen-bond donors (Lipinski definition) is 1. The fourth-order valence-corrected chi connectivity index (χ4v) is 4.58. The Morgan fingerprint density at radius 3 is 2.62 bits per heavy atom. The minimum absolute atomic E-state index is 0.0240. The van der Waals surface area contributed by atoms with Gasteiger partial charge in [0.1, 0.15) is 11.5 Å². The van der Waals surface area contributed by atoms with Gasteiger partial charge in [-0.2, -0.15) is 0 Å². The van der Waals surface area contributed by atoms with E-state index in [0.29, 0.717) is 5.69 Å². The van der Waals surface area contributed by atoms with E-state index in [-0.39, 0.29) is 23.4 Å². The van der Waals surface area contributed by atoms with Crippen LogP contribution >= 0.6 is 0 Å². The molecule has 1 fully saturated rings. The molecule has 1 amide bonds. The molecule has 2 aromatic carbocycles. The number of nitrogens with one attached hydrogen (secondary N) is 1. The number of carbonyl (C=O) groups is 1. The molecule has 0 unspecified atom stereocenters. The van der Waals surface area contributed by atoms with Gasteiger partial charge in [0.05, 0.1) is 31.3 Å². The van der Waals surface area contributed by atoms with E-state index in [4.69, 9.17) is 9.47 Å². The average molecular weight is 419 g/mol. The zero-order chi connectivity index (χ0) is 21.0. The van der Waals surface area contributed by atoms with Crippen molar-refractivity contribution in [3.63, 3.8) is 0 Å². The van der Waals surface area contributed by atoms with Crippen molar-refractivity contribution in [2.45, 2.75) is 23.8 Å². The maximum atomic E-state index is 12.7. The third-order valence-corrected chi connectivity index (χ3v) is 6.22. The van der Waals surface area contributed by atoms with Crippen molar-refractivity contribution in [3.05, 3.63) is 48.0 Å². The van der Waals surface area contributed by atoms with E-state index in [0.717, 1.165) is 42.7 Å². The maximum Gasteiger partial charge on any atom is 0.238 e. The van der Waals surface area contributed by atoms with Crippen LogP contribution in [0.4, 0.5) is 5.69 Å². The van der Waals surface area contributed by atoms with Crippen LogP contribution < -0.4 is 14.8 Å². The summed E-state index contributed by atoms with van der Waals surface area (Å²) in [5.41, 5.74) is 1.28. The molecule has 156 valence electrons. The Hall–Kier alpha value is -2.58. The van der Waals surface area contributed by atoms with Gasteiger partial charge >= 0.3 is 0 Å². The molecule has 0 bridgehead atoms. The first-order valence-electron chi connectivity index (χ1n) is 9.38. The molecule has 3 rings (SSSR count). The fraction of sp³-hybridized carbons (Fsp3) is 0.381. The number of sulfone groups is 1. The summed E-state index contributed by atoms with van der Waals surface area (Å²) in [6, 6.07) is 12.1. The Balaban J connectivity index is 1.78. The summed E-state index contributed by atoms with van der Waals surface area (Å²) in [5, 5.41) is 2.75. The van der Waals surface area contributed by atoms with Crippen LogP contribution in [0.1, 0.15) is 24.4 Å². The third-order valence-electron chi connectivity index (χ3n) is 5.07. The molecule has 1 heterocycles. The number of benzene rings is 2. The van der Waals surface area contributed by atoms with Crippen molar-refractivity contribution < 1.29 is 22.7 Å². The van der Waals surface area contributed by atoms with Crippen LogP contribution in [0, 0.1) is 0 Å². The molecule has 0 spiro atoms. The van der Waals surface area contributed by atoms with E-state index in [1.54, 1.807) is 32.4 Å². The van der Waals surface area contributed by atoms with Crippen LogP contribution in [0.25, 0.3) is 0 Å². The molecule has 1 aliphatic heterocycles. The highest BCUT2D eigenvalue weighted by atomic mass is 32.2. The van der Waals surface area contributed by atoms with Gasteiger partial charge in [0.15, 0.2) is 9.84 Å². The molecular formula is C21H26N2O5S. The normalized spacial score (nSPS) is 17.1. The topological polar surface area (TPSA) is 84.9 Å². The largest absolute Gasteiger partial charge is 0.497 e. The Kier molecular flexibility index (Phi) is 6.44. The predicted octanol–water partition coefficient (Wildman–Crippen LogP) is 2.88. The van der Waals surface area contributed by atoms with Crippen LogP contribution in [-0.2, 0) is 14.6 Å². The zero-order valence-corrected chi connectivity index (χ0v) is 17.7. The van der Waals surface area contributed by atoms with Crippen LogP contribution in [0.3, 0.4) is 0 Å². The Morgan fingerprint density at radius 1 is 1.17 bits per heavy atom. The number of ether oxygens (including phenoxy) is 2. The summed E-state index contributed by atoms with van der Waals surface area (Å²) < 4.78 is 34.8. The number of carbonyl (C=O) groups excluding carboxylic acids is 1. The third kappa shape index (κ3) is 4.89. The maximum absolute atomic E-state index is 12.7. The van der Waals surface area contributed by atoms with E-state index in [2.05, 4.69) is 10.2 Å². The number of nitrogens with zero attached hydrogens (tertiary/aromatic N) is 1.